The largest absolute Gasteiger partial charge is 0.492 e. The van der Waals surface area contributed by atoms with Gasteiger partial charge in [0.05, 0.1) is 17.3 Å². The van der Waals surface area contributed by atoms with E-state index in [2.05, 4.69) is 10.3 Å². The second kappa shape index (κ2) is 8.00. The molecule has 22 heavy (non-hydrogen) atoms. The molecule has 118 valence electrons. The molecule has 1 atom stereocenters. The lowest BCUT2D eigenvalue weighted by molar-refractivity contribution is -0.118. The Balaban J connectivity index is 1.67. The first-order valence-corrected chi connectivity index (χ1v) is 8.70. The van der Waals surface area contributed by atoms with Crippen molar-refractivity contribution in [3.05, 3.63) is 41.2 Å². The highest BCUT2D eigenvalue weighted by Gasteiger charge is 2.12. The van der Waals surface area contributed by atoms with Gasteiger partial charge in [0, 0.05) is 11.1 Å². The Morgan fingerprint density at radius 1 is 1.41 bits per heavy atom. The van der Waals surface area contributed by atoms with Crippen LogP contribution in [0.4, 0.5) is 4.39 Å². The fourth-order valence-corrected chi connectivity index (χ4v) is 3.54. The zero-order valence-electron chi connectivity index (χ0n) is 11.9. The summed E-state index contributed by atoms with van der Waals surface area (Å²) in [6.45, 7) is 2.34. The Morgan fingerprint density at radius 3 is 2.77 bits per heavy atom. The van der Waals surface area contributed by atoms with Crippen molar-refractivity contribution in [3.63, 3.8) is 0 Å². The van der Waals surface area contributed by atoms with E-state index >= 15 is 0 Å². The lowest BCUT2D eigenvalue weighted by atomic mass is 10.3. The Bertz CT molecular complexity index is 658. The minimum Gasteiger partial charge on any atom is -0.492 e. The molecule has 1 heterocycles. The van der Waals surface area contributed by atoms with Crippen LogP contribution in [0.3, 0.4) is 0 Å². The van der Waals surface area contributed by atoms with Crippen LogP contribution < -0.4 is 10.1 Å². The van der Waals surface area contributed by atoms with Gasteiger partial charge in [-0.2, -0.15) is 0 Å². The van der Waals surface area contributed by atoms with Gasteiger partial charge in [0.25, 0.3) is 0 Å². The van der Waals surface area contributed by atoms with Gasteiger partial charge in [-0.1, -0.05) is 0 Å². The van der Waals surface area contributed by atoms with E-state index in [1.165, 1.54) is 35.6 Å². The smallest absolute Gasteiger partial charge is 0.233 e. The minimum absolute atomic E-state index is 0.122. The summed E-state index contributed by atoms with van der Waals surface area (Å²) in [6.07, 6.45) is 0. The summed E-state index contributed by atoms with van der Waals surface area (Å²) < 4.78 is 30.4. The minimum atomic E-state index is -1.42. The first-order chi connectivity index (χ1) is 10.5. The van der Waals surface area contributed by atoms with Gasteiger partial charge in [0.15, 0.2) is 4.34 Å². The maximum Gasteiger partial charge on any atom is 0.233 e. The number of carbonyl (C=O) groups is 1. The molecular formula is C14H15FN2O3S2. The number of benzene rings is 1. The fourth-order valence-electron chi connectivity index (χ4n) is 1.56. The molecule has 0 saturated carbocycles. The van der Waals surface area contributed by atoms with E-state index in [1.807, 2.05) is 6.92 Å². The molecule has 1 aromatic heterocycles. The summed E-state index contributed by atoms with van der Waals surface area (Å²) in [5.41, 5.74) is 0.793. The average molecular weight is 342 g/mol. The number of nitrogens with one attached hydrogen (secondary N) is 1. The number of halogens is 1. The summed E-state index contributed by atoms with van der Waals surface area (Å²) in [6, 6.07) is 5.62. The summed E-state index contributed by atoms with van der Waals surface area (Å²) >= 11 is 1.28. The van der Waals surface area contributed by atoms with Gasteiger partial charge in [-0.15, -0.1) is 11.3 Å². The third-order valence-electron chi connectivity index (χ3n) is 2.56. The maximum absolute atomic E-state index is 12.7. The second-order valence-corrected chi connectivity index (χ2v) is 6.88. The first-order valence-electron chi connectivity index (χ1n) is 6.50. The normalized spacial score (nSPS) is 11.9. The molecule has 0 saturated heterocycles. The highest BCUT2D eigenvalue weighted by molar-refractivity contribution is 7.87. The van der Waals surface area contributed by atoms with Crippen molar-refractivity contribution < 1.29 is 18.1 Å². The number of hydrogen-bond donors (Lipinski definition) is 1. The number of thiazole rings is 1. The Hall–Kier alpha value is -1.80. The van der Waals surface area contributed by atoms with E-state index in [4.69, 9.17) is 4.74 Å². The van der Waals surface area contributed by atoms with Gasteiger partial charge >= 0.3 is 0 Å². The quantitative estimate of drug-likeness (QED) is 0.780. The molecule has 1 N–H and O–H groups in total. The standard InChI is InChI=1S/C14H15FN2O3S2/c1-10-8-21-14(17-10)22(19)9-13(18)16-6-7-20-12-4-2-11(15)3-5-12/h2-5,8H,6-7,9H2,1H3,(H,16,18)/t22-/m1/s1. The highest BCUT2D eigenvalue weighted by Crippen LogP contribution is 2.13. The molecule has 5 nitrogen and oxygen atoms in total. The lowest BCUT2D eigenvalue weighted by Crippen LogP contribution is -2.31. The van der Waals surface area contributed by atoms with Gasteiger partial charge < -0.3 is 10.1 Å². The van der Waals surface area contributed by atoms with Crippen molar-refractivity contribution in [2.75, 3.05) is 18.9 Å². The van der Waals surface area contributed by atoms with Crippen molar-refractivity contribution in [1.82, 2.24) is 10.3 Å². The Morgan fingerprint density at radius 2 is 2.14 bits per heavy atom. The molecule has 0 aliphatic carbocycles. The molecule has 1 amide bonds. The molecule has 0 spiro atoms. The van der Waals surface area contributed by atoms with Crippen LogP contribution >= 0.6 is 11.3 Å². The van der Waals surface area contributed by atoms with Crippen LogP contribution in [0.15, 0.2) is 34.0 Å². The monoisotopic (exact) mass is 342 g/mol. The van der Waals surface area contributed by atoms with Gasteiger partial charge in [-0.3, -0.25) is 9.00 Å². The van der Waals surface area contributed by atoms with E-state index in [0.717, 1.165) is 5.69 Å². The average Bonchev–Trinajstić information content (AvgIpc) is 2.92. The number of rotatable bonds is 7. The zero-order chi connectivity index (χ0) is 15.9. The number of aryl methyl sites for hydroxylation is 1. The zero-order valence-corrected chi connectivity index (χ0v) is 13.5. The number of ether oxygens (including phenoxy) is 1. The molecule has 0 aliphatic rings. The number of nitrogens with zero attached hydrogens (tertiary/aromatic N) is 1. The van der Waals surface area contributed by atoms with Crippen molar-refractivity contribution >= 4 is 28.0 Å². The molecule has 0 bridgehead atoms. The summed E-state index contributed by atoms with van der Waals surface area (Å²) in [5.74, 6) is -0.254. The predicted molar refractivity (Wildman–Crippen MR) is 83.0 cm³/mol. The number of carbonyl (C=O) groups excluding carboxylic acids is 1. The number of aromatic nitrogens is 1. The van der Waals surface area contributed by atoms with E-state index in [-0.39, 0.29) is 30.6 Å². The van der Waals surface area contributed by atoms with Gasteiger partial charge in [0.1, 0.15) is 23.9 Å². The molecule has 0 aliphatic heterocycles. The van der Waals surface area contributed by atoms with Crippen LogP contribution in [0.25, 0.3) is 0 Å². The molecule has 0 unspecified atom stereocenters. The molecule has 2 aromatic rings. The Labute approximate surface area is 134 Å². The van der Waals surface area contributed by atoms with Crippen LogP contribution in [0.2, 0.25) is 0 Å². The van der Waals surface area contributed by atoms with Crippen LogP contribution in [-0.4, -0.2) is 34.0 Å². The molecule has 1 aromatic carbocycles. The van der Waals surface area contributed by atoms with Crippen LogP contribution in [0, 0.1) is 12.7 Å². The van der Waals surface area contributed by atoms with E-state index < -0.39 is 10.8 Å². The van der Waals surface area contributed by atoms with Crippen molar-refractivity contribution in [1.29, 1.82) is 0 Å². The van der Waals surface area contributed by atoms with Crippen LogP contribution in [0.5, 0.6) is 5.75 Å². The Kier molecular flexibility index (Phi) is 6.02. The summed E-state index contributed by atoms with van der Waals surface area (Å²) in [7, 11) is -1.42. The lowest BCUT2D eigenvalue weighted by Gasteiger charge is -2.07. The molecular weight excluding hydrogens is 327 g/mol. The maximum atomic E-state index is 12.7. The van der Waals surface area contributed by atoms with Crippen molar-refractivity contribution in [2.45, 2.75) is 11.3 Å². The van der Waals surface area contributed by atoms with Crippen molar-refractivity contribution in [2.24, 2.45) is 0 Å². The molecule has 8 heteroatoms. The second-order valence-electron chi connectivity index (χ2n) is 4.40. The van der Waals surface area contributed by atoms with Gasteiger partial charge in [-0.05, 0) is 31.2 Å². The van der Waals surface area contributed by atoms with Gasteiger partial charge in [-0.25, -0.2) is 9.37 Å². The third kappa shape index (κ3) is 5.19. The van der Waals surface area contributed by atoms with Crippen LogP contribution in [0.1, 0.15) is 5.69 Å². The third-order valence-corrected chi connectivity index (χ3v) is 5.16. The first kappa shape index (κ1) is 16.6. The summed E-state index contributed by atoms with van der Waals surface area (Å²) in [4.78, 5) is 15.7. The molecule has 0 radical (unpaired) electrons. The SMILES string of the molecule is Cc1csc([S@](=O)CC(=O)NCCOc2ccc(F)cc2)n1. The number of hydrogen-bond acceptors (Lipinski definition) is 5. The predicted octanol–water partition coefficient (Wildman–Crippen LogP) is 1.89. The van der Waals surface area contributed by atoms with E-state index in [1.54, 1.807) is 5.38 Å². The van der Waals surface area contributed by atoms with Gasteiger partial charge in [0.2, 0.25) is 5.91 Å². The van der Waals surface area contributed by atoms with E-state index in [0.29, 0.717) is 10.1 Å². The van der Waals surface area contributed by atoms with E-state index in [9.17, 15) is 13.4 Å². The topological polar surface area (TPSA) is 68.3 Å². The number of amides is 1. The fraction of sp³-hybridized carbons (Fsp3) is 0.286. The van der Waals surface area contributed by atoms with Crippen LogP contribution in [-0.2, 0) is 15.6 Å². The molecule has 2 rings (SSSR count). The molecule has 0 fully saturated rings. The summed E-state index contributed by atoms with van der Waals surface area (Å²) in [5, 5.41) is 4.41. The highest BCUT2D eigenvalue weighted by atomic mass is 32.2. The van der Waals surface area contributed by atoms with Crippen molar-refractivity contribution in [3.8, 4) is 5.75 Å².